The van der Waals surface area contributed by atoms with Gasteiger partial charge in [-0.2, -0.15) is 12.6 Å². The molecule has 14 heteroatoms. The lowest BCUT2D eigenvalue weighted by atomic mass is 10.0. The lowest BCUT2D eigenvalue weighted by Crippen LogP contribution is -2.58. The zero-order valence-corrected chi connectivity index (χ0v) is 18.2. The molecule has 4 unspecified atom stereocenters. The van der Waals surface area contributed by atoms with Crippen LogP contribution in [-0.4, -0.2) is 70.5 Å². The van der Waals surface area contributed by atoms with E-state index in [1.165, 1.54) is 0 Å². The van der Waals surface area contributed by atoms with Crippen LogP contribution in [0, 0.1) is 5.92 Å². The Kier molecular flexibility index (Phi) is 12.2. The SMILES string of the molecule is CC(C)C(NC(=O)C(CS)NC(=O)C(CCC(N)=O)NC(=O)C(N)CC(N)=O)C(=O)O. The molecule has 0 bridgehead atoms. The van der Waals surface area contributed by atoms with Crippen molar-refractivity contribution in [3.8, 4) is 0 Å². The topological polar surface area (TPSA) is 237 Å². The van der Waals surface area contributed by atoms with Crippen molar-refractivity contribution in [3.05, 3.63) is 0 Å². The molecular weight excluding hydrogens is 432 g/mol. The average molecular weight is 463 g/mol. The molecule has 5 amide bonds. The molecule has 0 aliphatic heterocycles. The number of rotatable bonds is 14. The summed E-state index contributed by atoms with van der Waals surface area (Å²) in [5.74, 6) is -5.94. The molecule has 0 saturated heterocycles. The standard InChI is InChI=1S/C17H30N6O7S/c1-7(2)13(17(29)30)23-16(28)10(6-31)22-15(27)9(3-4-11(19)24)21-14(26)8(18)5-12(20)25/h7-10,13,31H,3-6,18H2,1-2H3,(H2,19,24)(H2,20,25)(H,21,26)(H,22,27)(H,23,28)(H,29,30). The third-order valence-electron chi connectivity index (χ3n) is 4.12. The van der Waals surface area contributed by atoms with E-state index in [4.69, 9.17) is 17.2 Å². The maximum atomic E-state index is 12.6. The Balaban J connectivity index is 5.32. The first-order valence-electron chi connectivity index (χ1n) is 9.37. The number of carbonyl (C=O) groups excluding carboxylic acids is 5. The molecule has 0 fully saturated rings. The molecule has 0 saturated carbocycles. The average Bonchev–Trinajstić information content (AvgIpc) is 2.65. The lowest BCUT2D eigenvalue weighted by molar-refractivity contribution is -0.143. The van der Waals surface area contributed by atoms with Gasteiger partial charge in [0, 0.05) is 12.2 Å². The molecule has 13 nitrogen and oxygen atoms in total. The van der Waals surface area contributed by atoms with Crippen LogP contribution in [0.4, 0.5) is 0 Å². The van der Waals surface area contributed by atoms with Gasteiger partial charge in [0.05, 0.1) is 12.5 Å². The van der Waals surface area contributed by atoms with Gasteiger partial charge < -0.3 is 38.3 Å². The summed E-state index contributed by atoms with van der Waals surface area (Å²) in [5.41, 5.74) is 15.6. The van der Waals surface area contributed by atoms with Crippen molar-refractivity contribution >= 4 is 48.1 Å². The molecule has 0 aromatic carbocycles. The second-order valence-electron chi connectivity index (χ2n) is 7.16. The zero-order chi connectivity index (χ0) is 24.3. The molecule has 0 rings (SSSR count). The smallest absolute Gasteiger partial charge is 0.326 e. The van der Waals surface area contributed by atoms with Crippen molar-refractivity contribution < 1.29 is 33.9 Å². The largest absolute Gasteiger partial charge is 0.480 e. The summed E-state index contributed by atoms with van der Waals surface area (Å²) >= 11 is 3.99. The van der Waals surface area contributed by atoms with Crippen LogP contribution in [0.3, 0.4) is 0 Å². The number of carbonyl (C=O) groups is 6. The van der Waals surface area contributed by atoms with Crippen LogP contribution in [0.1, 0.15) is 33.1 Å². The van der Waals surface area contributed by atoms with Gasteiger partial charge in [-0.1, -0.05) is 13.8 Å². The van der Waals surface area contributed by atoms with Crippen LogP contribution in [0.2, 0.25) is 0 Å². The second kappa shape index (κ2) is 13.4. The number of carboxylic acid groups (broad SMARTS) is 1. The third-order valence-corrected chi connectivity index (χ3v) is 4.48. The Labute approximate surface area is 184 Å². The van der Waals surface area contributed by atoms with Gasteiger partial charge in [-0.05, 0) is 12.3 Å². The van der Waals surface area contributed by atoms with Crippen molar-refractivity contribution in [1.82, 2.24) is 16.0 Å². The summed E-state index contributed by atoms with van der Waals surface area (Å²) < 4.78 is 0. The minimum Gasteiger partial charge on any atom is -0.480 e. The quantitative estimate of drug-likeness (QED) is 0.121. The van der Waals surface area contributed by atoms with E-state index in [1.54, 1.807) is 13.8 Å². The predicted molar refractivity (Wildman–Crippen MR) is 112 cm³/mol. The minimum atomic E-state index is -1.33. The van der Waals surface area contributed by atoms with Crippen molar-refractivity contribution in [2.24, 2.45) is 23.1 Å². The van der Waals surface area contributed by atoms with E-state index in [0.717, 1.165) is 0 Å². The molecule has 0 aromatic rings. The van der Waals surface area contributed by atoms with Gasteiger partial charge in [0.25, 0.3) is 0 Å². The highest BCUT2D eigenvalue weighted by atomic mass is 32.1. The fourth-order valence-corrected chi connectivity index (χ4v) is 2.63. The summed E-state index contributed by atoms with van der Waals surface area (Å²) in [5, 5.41) is 16.1. The van der Waals surface area contributed by atoms with Crippen molar-refractivity contribution in [1.29, 1.82) is 0 Å². The zero-order valence-electron chi connectivity index (χ0n) is 17.3. The highest BCUT2D eigenvalue weighted by Gasteiger charge is 2.31. The maximum absolute atomic E-state index is 12.6. The van der Waals surface area contributed by atoms with Gasteiger partial charge >= 0.3 is 5.97 Å². The van der Waals surface area contributed by atoms with Gasteiger partial charge in [0.2, 0.25) is 29.5 Å². The summed E-state index contributed by atoms with van der Waals surface area (Å²) in [7, 11) is 0. The molecular formula is C17H30N6O7S. The number of aliphatic carboxylic acids is 1. The first-order valence-corrected chi connectivity index (χ1v) is 10.00. The first-order chi connectivity index (χ1) is 14.3. The highest BCUT2D eigenvalue weighted by Crippen LogP contribution is 2.04. The van der Waals surface area contributed by atoms with Gasteiger partial charge in [-0.15, -0.1) is 0 Å². The molecule has 0 radical (unpaired) electrons. The van der Waals surface area contributed by atoms with E-state index < -0.39 is 72.0 Å². The molecule has 10 N–H and O–H groups in total. The van der Waals surface area contributed by atoms with E-state index in [2.05, 4.69) is 28.6 Å². The fourth-order valence-electron chi connectivity index (χ4n) is 2.38. The summed E-state index contributed by atoms with van der Waals surface area (Å²) in [6.45, 7) is 3.19. The summed E-state index contributed by atoms with van der Waals surface area (Å²) in [6.07, 6.45) is -0.945. The Morgan fingerprint density at radius 2 is 1.39 bits per heavy atom. The second-order valence-corrected chi connectivity index (χ2v) is 7.52. The van der Waals surface area contributed by atoms with E-state index in [9.17, 15) is 33.9 Å². The predicted octanol–water partition coefficient (Wildman–Crippen LogP) is -3.42. The van der Waals surface area contributed by atoms with Crippen molar-refractivity contribution in [3.63, 3.8) is 0 Å². The molecule has 31 heavy (non-hydrogen) atoms. The van der Waals surface area contributed by atoms with Crippen LogP contribution in [0.15, 0.2) is 0 Å². The number of primary amides is 2. The number of nitrogens with one attached hydrogen (secondary N) is 3. The Morgan fingerprint density at radius 1 is 0.871 bits per heavy atom. The minimum absolute atomic E-state index is 0.181. The lowest BCUT2D eigenvalue weighted by Gasteiger charge is -2.25. The number of hydrogen-bond donors (Lipinski definition) is 8. The molecule has 4 atom stereocenters. The van der Waals surface area contributed by atoms with E-state index in [0.29, 0.717) is 0 Å². The van der Waals surface area contributed by atoms with Gasteiger partial charge in [0.1, 0.15) is 18.1 Å². The molecule has 0 heterocycles. The normalized spacial score (nSPS) is 14.6. The number of thiol groups is 1. The molecule has 0 spiro atoms. The highest BCUT2D eigenvalue weighted by molar-refractivity contribution is 7.80. The van der Waals surface area contributed by atoms with Crippen molar-refractivity contribution in [2.45, 2.75) is 57.3 Å². The molecule has 0 aliphatic carbocycles. The van der Waals surface area contributed by atoms with E-state index in [-0.39, 0.29) is 18.6 Å². The number of amides is 5. The van der Waals surface area contributed by atoms with Crippen molar-refractivity contribution in [2.75, 3.05) is 5.75 Å². The maximum Gasteiger partial charge on any atom is 0.326 e. The van der Waals surface area contributed by atoms with Crippen LogP contribution in [0.5, 0.6) is 0 Å². The Bertz CT molecular complexity index is 702. The van der Waals surface area contributed by atoms with Crippen LogP contribution >= 0.6 is 12.6 Å². The summed E-state index contributed by atoms with van der Waals surface area (Å²) in [4.78, 5) is 70.4. The van der Waals surface area contributed by atoms with Gasteiger partial charge in [-0.3, -0.25) is 24.0 Å². The van der Waals surface area contributed by atoms with E-state index in [1.807, 2.05) is 0 Å². The third kappa shape index (κ3) is 10.6. The van der Waals surface area contributed by atoms with Crippen LogP contribution in [-0.2, 0) is 28.8 Å². The number of nitrogens with two attached hydrogens (primary N) is 3. The number of hydrogen-bond acceptors (Lipinski definition) is 8. The first kappa shape index (κ1) is 28.1. The molecule has 176 valence electrons. The Morgan fingerprint density at radius 3 is 1.81 bits per heavy atom. The summed E-state index contributed by atoms with van der Waals surface area (Å²) in [6, 6.07) is -5.06. The molecule has 0 aliphatic rings. The fraction of sp³-hybridized carbons (Fsp3) is 0.647. The van der Waals surface area contributed by atoms with Gasteiger partial charge in [0.15, 0.2) is 0 Å². The van der Waals surface area contributed by atoms with Gasteiger partial charge in [-0.25, -0.2) is 4.79 Å². The number of carboxylic acids is 1. The van der Waals surface area contributed by atoms with Crippen LogP contribution < -0.4 is 33.2 Å². The Hall–Kier alpha value is -2.87. The molecule has 0 aromatic heterocycles. The van der Waals surface area contributed by atoms with E-state index >= 15 is 0 Å². The van der Waals surface area contributed by atoms with Crippen LogP contribution in [0.25, 0.3) is 0 Å². The monoisotopic (exact) mass is 462 g/mol.